The van der Waals surface area contributed by atoms with Crippen LogP contribution in [0.15, 0.2) is 109 Å². The Balaban J connectivity index is 1.66. The van der Waals surface area contributed by atoms with Gasteiger partial charge in [0, 0.05) is 41.2 Å². The average molecular weight is 515 g/mol. The molecule has 0 spiro atoms. The number of hydrogen-bond donors (Lipinski definition) is 3. The maximum absolute atomic E-state index is 12.4. The van der Waals surface area contributed by atoms with E-state index in [1.807, 2.05) is 72.8 Å². The number of aromatic hydroxyl groups is 2. The number of phenolic OH excluding ortho intramolecular Hbond substituents is 2. The van der Waals surface area contributed by atoms with Crippen LogP contribution in [0.25, 0.3) is 0 Å². The minimum absolute atomic E-state index is 0.0388. The third-order valence-corrected chi connectivity index (χ3v) is 7.30. The molecule has 5 heteroatoms. The SMILES string of the molecule is O=C(O)c1ccccc1C1c2ccc(O)cc2Oc2cc(O)c(Cc3ccccc3)c(Cc3ccccc3)c21. The molecule has 1 aliphatic heterocycles. The minimum atomic E-state index is -1.02. The van der Waals surface area contributed by atoms with Gasteiger partial charge in [-0.25, -0.2) is 4.79 Å². The molecule has 0 aliphatic carbocycles. The normalized spacial score (nSPS) is 13.7. The van der Waals surface area contributed by atoms with Crippen LogP contribution in [-0.4, -0.2) is 21.3 Å². The van der Waals surface area contributed by atoms with Gasteiger partial charge >= 0.3 is 5.97 Å². The van der Waals surface area contributed by atoms with E-state index in [4.69, 9.17) is 4.74 Å². The number of hydrogen-bond acceptors (Lipinski definition) is 4. The Hall–Kier alpha value is -5.03. The van der Waals surface area contributed by atoms with E-state index < -0.39 is 11.9 Å². The third-order valence-electron chi connectivity index (χ3n) is 7.30. The number of phenols is 2. The van der Waals surface area contributed by atoms with Crippen LogP contribution in [0.1, 0.15) is 55.2 Å². The van der Waals surface area contributed by atoms with Crippen molar-refractivity contribution in [3.05, 3.63) is 154 Å². The van der Waals surface area contributed by atoms with E-state index in [2.05, 4.69) is 0 Å². The fraction of sp³-hybridized carbons (Fsp3) is 0.0882. The lowest BCUT2D eigenvalue weighted by molar-refractivity contribution is 0.0695. The molecule has 0 bridgehead atoms. The zero-order valence-corrected chi connectivity index (χ0v) is 21.0. The zero-order valence-electron chi connectivity index (χ0n) is 21.0. The number of carbonyl (C=O) groups is 1. The molecule has 5 nitrogen and oxygen atoms in total. The van der Waals surface area contributed by atoms with E-state index in [1.165, 1.54) is 6.07 Å². The molecule has 3 N–H and O–H groups in total. The highest BCUT2D eigenvalue weighted by atomic mass is 16.5. The first-order valence-electron chi connectivity index (χ1n) is 12.8. The summed E-state index contributed by atoms with van der Waals surface area (Å²) in [7, 11) is 0. The van der Waals surface area contributed by atoms with E-state index in [1.54, 1.807) is 30.3 Å². The van der Waals surface area contributed by atoms with Gasteiger partial charge in [0.1, 0.15) is 23.0 Å². The van der Waals surface area contributed by atoms with Gasteiger partial charge in [-0.1, -0.05) is 84.9 Å². The second-order valence-electron chi connectivity index (χ2n) is 9.74. The summed E-state index contributed by atoms with van der Waals surface area (Å²) in [6.45, 7) is 0. The average Bonchev–Trinajstić information content (AvgIpc) is 2.95. The molecule has 6 rings (SSSR count). The van der Waals surface area contributed by atoms with Crippen LogP contribution in [0.5, 0.6) is 23.0 Å². The van der Waals surface area contributed by atoms with Gasteiger partial charge in [-0.3, -0.25) is 0 Å². The lowest BCUT2D eigenvalue weighted by Crippen LogP contribution is -2.18. The van der Waals surface area contributed by atoms with E-state index in [9.17, 15) is 20.1 Å². The van der Waals surface area contributed by atoms with Crippen LogP contribution in [0.2, 0.25) is 0 Å². The van der Waals surface area contributed by atoms with Gasteiger partial charge in [0.15, 0.2) is 0 Å². The van der Waals surface area contributed by atoms with Crippen molar-refractivity contribution >= 4 is 5.97 Å². The lowest BCUT2D eigenvalue weighted by atomic mass is 9.76. The molecule has 1 heterocycles. The Labute approximate surface area is 226 Å². The summed E-state index contributed by atoms with van der Waals surface area (Å²) >= 11 is 0. The van der Waals surface area contributed by atoms with Gasteiger partial charge in [-0.2, -0.15) is 0 Å². The maximum atomic E-state index is 12.4. The first-order valence-corrected chi connectivity index (χ1v) is 12.8. The Bertz CT molecular complexity index is 1680. The summed E-state index contributed by atoms with van der Waals surface area (Å²) in [5.74, 6) is -0.501. The standard InChI is InChI=1S/C34H26O5/c35-23-15-16-26-30(19-23)39-31-20-29(36)27(17-21-9-3-1-4-10-21)28(18-22-11-5-2-6-12-22)33(31)32(26)24-13-7-8-14-25(24)34(37)38/h1-16,19-20,32,35-36H,17-18H2,(H,37,38). The summed E-state index contributed by atoms with van der Waals surface area (Å²) in [6.07, 6.45) is 1.01. The van der Waals surface area contributed by atoms with E-state index in [0.29, 0.717) is 29.9 Å². The number of rotatable bonds is 6. The van der Waals surface area contributed by atoms with E-state index in [0.717, 1.165) is 33.4 Å². The summed E-state index contributed by atoms with van der Waals surface area (Å²) in [4.78, 5) is 12.4. The van der Waals surface area contributed by atoms with Gasteiger partial charge in [-0.15, -0.1) is 0 Å². The summed E-state index contributed by atoms with van der Waals surface area (Å²) in [5, 5.41) is 31.7. The minimum Gasteiger partial charge on any atom is -0.508 e. The molecule has 1 atom stereocenters. The first kappa shape index (κ1) is 24.3. The molecular weight excluding hydrogens is 488 g/mol. The van der Waals surface area contributed by atoms with Crippen LogP contribution in [-0.2, 0) is 12.8 Å². The van der Waals surface area contributed by atoms with Crippen LogP contribution >= 0.6 is 0 Å². The molecule has 1 unspecified atom stereocenters. The maximum Gasteiger partial charge on any atom is 0.335 e. The molecule has 0 fully saturated rings. The van der Waals surface area contributed by atoms with Gasteiger partial charge in [0.05, 0.1) is 5.56 Å². The molecular formula is C34H26O5. The van der Waals surface area contributed by atoms with Crippen molar-refractivity contribution in [2.24, 2.45) is 0 Å². The predicted octanol–water partition coefficient (Wildman–Crippen LogP) is 7.26. The number of aromatic carboxylic acids is 1. The Morgan fingerprint density at radius 2 is 1.28 bits per heavy atom. The molecule has 1 aliphatic rings. The molecule has 5 aromatic rings. The molecule has 39 heavy (non-hydrogen) atoms. The summed E-state index contributed by atoms with van der Waals surface area (Å²) in [5.41, 5.74) is 6.14. The van der Waals surface area contributed by atoms with Crippen LogP contribution in [0.4, 0.5) is 0 Å². The van der Waals surface area contributed by atoms with Crippen LogP contribution in [0.3, 0.4) is 0 Å². The van der Waals surface area contributed by atoms with Gasteiger partial charge in [-0.05, 0) is 40.8 Å². The second kappa shape index (κ2) is 10.0. The van der Waals surface area contributed by atoms with Crippen molar-refractivity contribution in [1.82, 2.24) is 0 Å². The summed E-state index contributed by atoms with van der Waals surface area (Å²) < 4.78 is 6.31. The van der Waals surface area contributed by atoms with Crippen molar-refractivity contribution in [1.29, 1.82) is 0 Å². The van der Waals surface area contributed by atoms with Crippen molar-refractivity contribution in [3.8, 4) is 23.0 Å². The highest BCUT2D eigenvalue weighted by molar-refractivity contribution is 5.90. The quantitative estimate of drug-likeness (QED) is 0.218. The van der Waals surface area contributed by atoms with Crippen molar-refractivity contribution in [2.75, 3.05) is 0 Å². The summed E-state index contributed by atoms with van der Waals surface area (Å²) in [6, 6.07) is 33.5. The molecule has 0 amide bonds. The Morgan fingerprint density at radius 1 is 0.667 bits per heavy atom. The molecule has 0 radical (unpaired) electrons. The van der Waals surface area contributed by atoms with Crippen molar-refractivity contribution in [2.45, 2.75) is 18.8 Å². The number of ether oxygens (including phenoxy) is 1. The number of carboxylic acids is 1. The van der Waals surface area contributed by atoms with E-state index >= 15 is 0 Å². The molecule has 5 aromatic carbocycles. The molecule has 192 valence electrons. The largest absolute Gasteiger partial charge is 0.508 e. The molecule has 0 saturated heterocycles. The number of carboxylic acid groups (broad SMARTS) is 1. The van der Waals surface area contributed by atoms with Gasteiger partial charge in [0.2, 0.25) is 0 Å². The fourth-order valence-electron chi connectivity index (χ4n) is 5.55. The third kappa shape index (κ3) is 4.59. The highest BCUT2D eigenvalue weighted by Crippen LogP contribution is 2.52. The van der Waals surface area contributed by atoms with Gasteiger partial charge < -0.3 is 20.1 Å². The van der Waals surface area contributed by atoms with Gasteiger partial charge in [0.25, 0.3) is 0 Å². The zero-order chi connectivity index (χ0) is 26.9. The highest BCUT2D eigenvalue weighted by Gasteiger charge is 2.35. The number of benzene rings is 5. The van der Waals surface area contributed by atoms with Crippen LogP contribution < -0.4 is 4.74 Å². The first-order chi connectivity index (χ1) is 19.0. The smallest absolute Gasteiger partial charge is 0.335 e. The van der Waals surface area contributed by atoms with Crippen LogP contribution in [0, 0.1) is 0 Å². The predicted molar refractivity (Wildman–Crippen MR) is 149 cm³/mol. The second-order valence-corrected chi connectivity index (χ2v) is 9.74. The Morgan fingerprint density at radius 3 is 1.95 bits per heavy atom. The number of fused-ring (bicyclic) bond motifs is 2. The molecule has 0 saturated carbocycles. The van der Waals surface area contributed by atoms with E-state index in [-0.39, 0.29) is 17.1 Å². The Kier molecular flexibility index (Phi) is 6.25. The fourth-order valence-corrected chi connectivity index (χ4v) is 5.55. The monoisotopic (exact) mass is 514 g/mol. The topological polar surface area (TPSA) is 87.0 Å². The molecule has 0 aromatic heterocycles. The van der Waals surface area contributed by atoms with Crippen molar-refractivity contribution < 1.29 is 24.9 Å². The lowest BCUT2D eigenvalue weighted by Gasteiger charge is -2.33. The van der Waals surface area contributed by atoms with Crippen molar-refractivity contribution in [3.63, 3.8) is 0 Å².